The lowest BCUT2D eigenvalue weighted by molar-refractivity contribution is 0.146. The molecule has 1 aromatic heterocycles. The molecule has 0 fully saturated rings. The highest BCUT2D eigenvalue weighted by Gasteiger charge is 2.29. The molecule has 1 unspecified atom stereocenters. The average molecular weight is 243 g/mol. The topological polar surface area (TPSA) is 20.2 Å². The number of hydrogen-bond donors (Lipinski definition) is 1. The van der Waals surface area contributed by atoms with Crippen LogP contribution in [-0.4, -0.2) is 11.2 Å². The van der Waals surface area contributed by atoms with E-state index in [1.54, 1.807) is 11.3 Å². The molecule has 0 bridgehead atoms. The van der Waals surface area contributed by atoms with Gasteiger partial charge in [-0.05, 0) is 35.3 Å². The van der Waals surface area contributed by atoms with Crippen molar-refractivity contribution < 1.29 is 5.11 Å². The van der Waals surface area contributed by atoms with E-state index in [9.17, 15) is 5.11 Å². The van der Waals surface area contributed by atoms with E-state index < -0.39 is 0 Å². The van der Waals surface area contributed by atoms with Crippen LogP contribution in [0.2, 0.25) is 5.02 Å². The summed E-state index contributed by atoms with van der Waals surface area (Å²) >= 11 is 7.75. The van der Waals surface area contributed by atoms with Crippen LogP contribution in [0.1, 0.15) is 31.6 Å². The molecule has 0 aromatic carbocycles. The van der Waals surface area contributed by atoms with E-state index in [-0.39, 0.29) is 11.5 Å². The lowest BCUT2D eigenvalue weighted by Crippen LogP contribution is -2.24. The molecule has 1 atom stereocenters. The van der Waals surface area contributed by atoms with Gasteiger partial charge in [0.15, 0.2) is 0 Å². The molecular weight excluding hydrogens is 228 g/mol. The summed E-state index contributed by atoms with van der Waals surface area (Å²) in [7, 11) is 0. The van der Waals surface area contributed by atoms with Crippen LogP contribution in [0.5, 0.6) is 0 Å². The Labute approximate surface area is 99.4 Å². The van der Waals surface area contributed by atoms with Gasteiger partial charge in [0, 0.05) is 4.88 Å². The van der Waals surface area contributed by atoms with Crippen molar-refractivity contribution in [2.45, 2.75) is 32.8 Å². The molecule has 2 rings (SSSR count). The molecule has 82 valence electrons. The SMILES string of the molecule is CC1(C)CC(c2sccc2Cl)=CC(O)C1. The summed E-state index contributed by atoms with van der Waals surface area (Å²) < 4.78 is 0. The summed E-state index contributed by atoms with van der Waals surface area (Å²) in [6, 6.07) is 1.91. The molecule has 0 saturated heterocycles. The predicted octanol–water partition coefficient (Wildman–Crippen LogP) is 3.97. The zero-order chi connectivity index (χ0) is 11.1. The minimum Gasteiger partial charge on any atom is -0.389 e. The highest BCUT2D eigenvalue weighted by atomic mass is 35.5. The fourth-order valence-corrected chi connectivity index (χ4v) is 3.39. The number of hydrogen-bond acceptors (Lipinski definition) is 2. The monoisotopic (exact) mass is 242 g/mol. The van der Waals surface area contributed by atoms with E-state index in [0.29, 0.717) is 0 Å². The van der Waals surface area contributed by atoms with Crippen molar-refractivity contribution in [2.75, 3.05) is 0 Å². The Morgan fingerprint density at radius 1 is 1.53 bits per heavy atom. The molecule has 0 radical (unpaired) electrons. The van der Waals surface area contributed by atoms with Crippen LogP contribution in [0.4, 0.5) is 0 Å². The average Bonchev–Trinajstić information content (AvgIpc) is 2.47. The Kier molecular flexibility index (Phi) is 2.93. The van der Waals surface area contributed by atoms with E-state index in [1.165, 1.54) is 5.57 Å². The van der Waals surface area contributed by atoms with E-state index >= 15 is 0 Å². The minimum absolute atomic E-state index is 0.164. The molecule has 0 amide bonds. The smallest absolute Gasteiger partial charge is 0.0732 e. The van der Waals surface area contributed by atoms with Crippen molar-refractivity contribution in [3.63, 3.8) is 0 Å². The van der Waals surface area contributed by atoms with Gasteiger partial charge in [-0.15, -0.1) is 11.3 Å². The van der Waals surface area contributed by atoms with E-state index in [1.807, 2.05) is 17.5 Å². The third-order valence-electron chi connectivity index (χ3n) is 2.73. The second-order valence-corrected chi connectivity index (χ2v) is 6.23. The molecular formula is C12H15ClOS. The third-order valence-corrected chi connectivity index (χ3v) is 4.15. The Hall–Kier alpha value is -0.310. The summed E-state index contributed by atoms with van der Waals surface area (Å²) in [6.07, 6.45) is 3.44. The highest BCUT2D eigenvalue weighted by Crippen LogP contribution is 2.42. The summed E-state index contributed by atoms with van der Waals surface area (Å²) in [4.78, 5) is 1.11. The lowest BCUT2D eigenvalue weighted by Gasteiger charge is -2.32. The fraction of sp³-hybridized carbons (Fsp3) is 0.500. The van der Waals surface area contributed by atoms with Crippen LogP contribution in [0.3, 0.4) is 0 Å². The van der Waals surface area contributed by atoms with E-state index in [4.69, 9.17) is 11.6 Å². The van der Waals surface area contributed by atoms with Crippen LogP contribution in [0.15, 0.2) is 17.5 Å². The summed E-state index contributed by atoms with van der Waals surface area (Å²) in [5, 5.41) is 12.6. The normalized spacial score (nSPS) is 25.1. The molecule has 3 heteroatoms. The molecule has 1 aromatic rings. The number of allylic oxidation sites excluding steroid dienone is 1. The molecule has 1 nitrogen and oxygen atoms in total. The third kappa shape index (κ3) is 2.44. The zero-order valence-corrected chi connectivity index (χ0v) is 10.5. The number of aliphatic hydroxyl groups is 1. The van der Waals surface area contributed by atoms with Crippen LogP contribution >= 0.6 is 22.9 Å². The Morgan fingerprint density at radius 3 is 2.80 bits per heavy atom. The first-order valence-electron chi connectivity index (χ1n) is 5.10. The van der Waals surface area contributed by atoms with E-state index in [2.05, 4.69) is 13.8 Å². The second-order valence-electron chi connectivity index (χ2n) is 4.90. The van der Waals surface area contributed by atoms with Gasteiger partial charge in [0.1, 0.15) is 0 Å². The van der Waals surface area contributed by atoms with Gasteiger partial charge in [-0.3, -0.25) is 0 Å². The number of thiophene rings is 1. The van der Waals surface area contributed by atoms with Gasteiger partial charge >= 0.3 is 0 Å². The van der Waals surface area contributed by atoms with Crippen molar-refractivity contribution in [1.82, 2.24) is 0 Å². The largest absolute Gasteiger partial charge is 0.389 e. The van der Waals surface area contributed by atoms with Gasteiger partial charge in [0.05, 0.1) is 11.1 Å². The van der Waals surface area contributed by atoms with Gasteiger partial charge in [0.25, 0.3) is 0 Å². The molecule has 1 N–H and O–H groups in total. The zero-order valence-electron chi connectivity index (χ0n) is 8.96. The predicted molar refractivity (Wildman–Crippen MR) is 66.3 cm³/mol. The number of halogens is 1. The van der Waals surface area contributed by atoms with Gasteiger partial charge in [-0.1, -0.05) is 31.5 Å². The minimum atomic E-state index is -0.332. The fourth-order valence-electron chi connectivity index (χ4n) is 2.18. The van der Waals surface area contributed by atoms with E-state index in [0.717, 1.165) is 22.7 Å². The molecule has 15 heavy (non-hydrogen) atoms. The number of rotatable bonds is 1. The van der Waals surface area contributed by atoms with Crippen LogP contribution in [0.25, 0.3) is 5.57 Å². The number of aliphatic hydroxyl groups excluding tert-OH is 1. The van der Waals surface area contributed by atoms with Crippen LogP contribution in [0, 0.1) is 5.41 Å². The summed E-state index contributed by atoms with van der Waals surface area (Å²) in [5.74, 6) is 0. The molecule has 0 saturated carbocycles. The van der Waals surface area contributed by atoms with Crippen molar-refractivity contribution in [2.24, 2.45) is 5.41 Å². The highest BCUT2D eigenvalue weighted by molar-refractivity contribution is 7.11. The first kappa shape index (κ1) is 11.2. The first-order valence-corrected chi connectivity index (χ1v) is 6.36. The lowest BCUT2D eigenvalue weighted by atomic mass is 9.76. The van der Waals surface area contributed by atoms with Crippen molar-refractivity contribution >= 4 is 28.5 Å². The van der Waals surface area contributed by atoms with Crippen LogP contribution in [-0.2, 0) is 0 Å². The summed E-state index contributed by atoms with van der Waals surface area (Å²) in [6.45, 7) is 4.37. The summed E-state index contributed by atoms with van der Waals surface area (Å²) in [5.41, 5.74) is 1.36. The van der Waals surface area contributed by atoms with Crippen molar-refractivity contribution in [3.05, 3.63) is 27.4 Å². The van der Waals surface area contributed by atoms with Crippen LogP contribution < -0.4 is 0 Å². The Bertz CT molecular complexity index is 392. The second kappa shape index (κ2) is 3.93. The maximum absolute atomic E-state index is 9.79. The molecule has 0 spiro atoms. The van der Waals surface area contributed by atoms with Gasteiger partial charge < -0.3 is 5.11 Å². The quantitative estimate of drug-likeness (QED) is 0.790. The molecule has 1 aliphatic carbocycles. The van der Waals surface area contributed by atoms with Gasteiger partial charge in [-0.2, -0.15) is 0 Å². The Balaban J connectivity index is 2.34. The van der Waals surface area contributed by atoms with Crippen molar-refractivity contribution in [3.8, 4) is 0 Å². The van der Waals surface area contributed by atoms with Gasteiger partial charge in [0.2, 0.25) is 0 Å². The maximum Gasteiger partial charge on any atom is 0.0732 e. The molecule has 0 aliphatic heterocycles. The standard InChI is InChI=1S/C12H15ClOS/c1-12(2)6-8(5-9(14)7-12)11-10(13)3-4-15-11/h3-5,9,14H,6-7H2,1-2H3. The molecule has 1 heterocycles. The van der Waals surface area contributed by atoms with Crippen molar-refractivity contribution in [1.29, 1.82) is 0 Å². The molecule has 1 aliphatic rings. The van der Waals surface area contributed by atoms with Gasteiger partial charge in [-0.25, -0.2) is 0 Å². The Morgan fingerprint density at radius 2 is 2.27 bits per heavy atom. The maximum atomic E-state index is 9.79. The first-order chi connectivity index (χ1) is 6.98.